The summed E-state index contributed by atoms with van der Waals surface area (Å²) in [5, 5.41) is 11.7. The van der Waals surface area contributed by atoms with Crippen molar-refractivity contribution in [3.8, 4) is 0 Å². The summed E-state index contributed by atoms with van der Waals surface area (Å²) < 4.78 is 1.98. The van der Waals surface area contributed by atoms with Crippen LogP contribution in [-0.2, 0) is 7.05 Å². The lowest BCUT2D eigenvalue weighted by Gasteiger charge is -2.21. The van der Waals surface area contributed by atoms with E-state index in [4.69, 9.17) is 0 Å². The predicted octanol–water partition coefficient (Wildman–Crippen LogP) is 2.43. The topological polar surface area (TPSA) is 42.7 Å². The van der Waals surface area contributed by atoms with Crippen molar-refractivity contribution in [3.63, 3.8) is 0 Å². The molecule has 0 fully saturated rings. The zero-order valence-electron chi connectivity index (χ0n) is 10.9. The number of nitrogens with zero attached hydrogens (tertiary/aromatic N) is 3. The molecular formula is C12H24N4. The van der Waals surface area contributed by atoms with Crippen molar-refractivity contribution in [1.29, 1.82) is 0 Å². The normalized spacial score (nSPS) is 15.0. The molecule has 4 heteroatoms. The quantitative estimate of drug-likeness (QED) is 0.773. The molecule has 1 rings (SSSR count). The van der Waals surface area contributed by atoms with E-state index in [-0.39, 0.29) is 6.04 Å². The van der Waals surface area contributed by atoms with Crippen LogP contribution in [0.4, 0.5) is 0 Å². The van der Waals surface area contributed by atoms with Gasteiger partial charge in [0.2, 0.25) is 0 Å². The van der Waals surface area contributed by atoms with Crippen LogP contribution < -0.4 is 5.32 Å². The number of nitrogens with one attached hydrogen (secondary N) is 1. The summed E-state index contributed by atoms with van der Waals surface area (Å²) in [7, 11) is 1.99. The zero-order chi connectivity index (χ0) is 12.0. The van der Waals surface area contributed by atoms with Crippen LogP contribution in [0.5, 0.6) is 0 Å². The highest BCUT2D eigenvalue weighted by Crippen LogP contribution is 2.12. The average Bonchev–Trinajstić information content (AvgIpc) is 2.70. The fourth-order valence-electron chi connectivity index (χ4n) is 1.97. The summed E-state index contributed by atoms with van der Waals surface area (Å²) in [5.41, 5.74) is 0. The monoisotopic (exact) mass is 224 g/mol. The van der Waals surface area contributed by atoms with Gasteiger partial charge in [0, 0.05) is 13.1 Å². The van der Waals surface area contributed by atoms with Crippen molar-refractivity contribution in [1.82, 2.24) is 20.1 Å². The Balaban J connectivity index is 2.48. The lowest BCUT2D eigenvalue weighted by molar-refractivity contribution is 0.396. The van der Waals surface area contributed by atoms with Gasteiger partial charge in [-0.15, -0.1) is 10.2 Å². The molecule has 0 bridgehead atoms. The molecule has 0 aliphatic carbocycles. The van der Waals surface area contributed by atoms with Crippen LogP contribution in [0, 0.1) is 0 Å². The smallest absolute Gasteiger partial charge is 0.149 e. The number of rotatable bonds is 7. The highest BCUT2D eigenvalue weighted by molar-refractivity contribution is 4.93. The van der Waals surface area contributed by atoms with Crippen molar-refractivity contribution in [2.75, 3.05) is 0 Å². The van der Waals surface area contributed by atoms with Crippen molar-refractivity contribution in [2.24, 2.45) is 7.05 Å². The highest BCUT2D eigenvalue weighted by Gasteiger charge is 2.14. The maximum atomic E-state index is 4.13. The molecule has 0 aliphatic rings. The van der Waals surface area contributed by atoms with E-state index in [1.807, 2.05) is 11.6 Å². The fourth-order valence-corrected chi connectivity index (χ4v) is 1.97. The average molecular weight is 224 g/mol. The zero-order valence-corrected chi connectivity index (χ0v) is 10.9. The summed E-state index contributed by atoms with van der Waals surface area (Å²) in [6.45, 7) is 6.62. The minimum atomic E-state index is 0.273. The number of aromatic nitrogens is 3. The molecule has 1 aromatic heterocycles. The van der Waals surface area contributed by atoms with Crippen LogP contribution in [-0.4, -0.2) is 20.8 Å². The molecule has 92 valence electrons. The third-order valence-corrected chi connectivity index (χ3v) is 3.02. The third kappa shape index (κ3) is 3.59. The van der Waals surface area contributed by atoms with E-state index in [1.54, 1.807) is 6.33 Å². The van der Waals surface area contributed by atoms with Crippen LogP contribution >= 0.6 is 0 Å². The summed E-state index contributed by atoms with van der Waals surface area (Å²) in [4.78, 5) is 0. The van der Waals surface area contributed by atoms with E-state index in [9.17, 15) is 0 Å². The molecular weight excluding hydrogens is 200 g/mol. The van der Waals surface area contributed by atoms with Crippen LogP contribution in [0.1, 0.15) is 58.3 Å². The first-order valence-electron chi connectivity index (χ1n) is 6.28. The lowest BCUT2D eigenvalue weighted by Crippen LogP contribution is -2.32. The molecule has 0 aromatic carbocycles. The van der Waals surface area contributed by atoms with Gasteiger partial charge in [-0.05, 0) is 19.8 Å². The number of hydrogen-bond donors (Lipinski definition) is 1. The Morgan fingerprint density at radius 3 is 2.69 bits per heavy atom. The van der Waals surface area contributed by atoms with Gasteiger partial charge in [-0.3, -0.25) is 0 Å². The summed E-state index contributed by atoms with van der Waals surface area (Å²) >= 11 is 0. The Morgan fingerprint density at radius 1 is 1.44 bits per heavy atom. The Bertz CT molecular complexity index is 295. The Hall–Kier alpha value is -0.900. The predicted molar refractivity (Wildman–Crippen MR) is 66.2 cm³/mol. The van der Waals surface area contributed by atoms with Crippen molar-refractivity contribution in [3.05, 3.63) is 12.2 Å². The molecule has 4 nitrogen and oxygen atoms in total. The van der Waals surface area contributed by atoms with E-state index in [1.165, 1.54) is 25.7 Å². The summed E-state index contributed by atoms with van der Waals surface area (Å²) in [6, 6.07) is 0.862. The summed E-state index contributed by atoms with van der Waals surface area (Å²) in [5.74, 6) is 1.01. The molecule has 0 spiro atoms. The van der Waals surface area contributed by atoms with E-state index in [0.717, 1.165) is 5.82 Å². The fraction of sp³-hybridized carbons (Fsp3) is 0.833. The maximum Gasteiger partial charge on any atom is 0.149 e. The molecule has 1 N–H and O–H groups in total. The van der Waals surface area contributed by atoms with E-state index in [0.29, 0.717) is 6.04 Å². The van der Waals surface area contributed by atoms with Gasteiger partial charge >= 0.3 is 0 Å². The van der Waals surface area contributed by atoms with Crippen LogP contribution in [0.3, 0.4) is 0 Å². The van der Waals surface area contributed by atoms with Gasteiger partial charge in [0.15, 0.2) is 0 Å². The van der Waals surface area contributed by atoms with Crippen molar-refractivity contribution in [2.45, 2.75) is 58.5 Å². The van der Waals surface area contributed by atoms with Crippen LogP contribution in [0.25, 0.3) is 0 Å². The molecule has 1 aromatic rings. The SMILES string of the molecule is CCCCC(CC)NC(C)c1nncn1C. The van der Waals surface area contributed by atoms with Gasteiger partial charge in [-0.1, -0.05) is 26.7 Å². The van der Waals surface area contributed by atoms with E-state index < -0.39 is 0 Å². The molecule has 2 atom stereocenters. The molecule has 0 amide bonds. The molecule has 0 saturated heterocycles. The van der Waals surface area contributed by atoms with Crippen LogP contribution in [0.2, 0.25) is 0 Å². The Morgan fingerprint density at radius 2 is 2.19 bits per heavy atom. The van der Waals surface area contributed by atoms with Gasteiger partial charge in [-0.2, -0.15) is 0 Å². The van der Waals surface area contributed by atoms with E-state index in [2.05, 4.69) is 36.3 Å². The highest BCUT2D eigenvalue weighted by atomic mass is 15.3. The van der Waals surface area contributed by atoms with Gasteiger partial charge in [-0.25, -0.2) is 0 Å². The minimum Gasteiger partial charge on any atom is -0.319 e. The second kappa shape index (κ2) is 6.63. The first-order valence-corrected chi connectivity index (χ1v) is 6.28. The first kappa shape index (κ1) is 13.2. The van der Waals surface area contributed by atoms with Gasteiger partial charge in [0.05, 0.1) is 6.04 Å². The van der Waals surface area contributed by atoms with Gasteiger partial charge in [0.25, 0.3) is 0 Å². The first-order chi connectivity index (χ1) is 7.69. The number of aryl methyl sites for hydroxylation is 1. The third-order valence-electron chi connectivity index (χ3n) is 3.02. The molecule has 2 unspecified atom stereocenters. The Kier molecular flexibility index (Phi) is 5.46. The van der Waals surface area contributed by atoms with E-state index >= 15 is 0 Å². The number of hydrogen-bond acceptors (Lipinski definition) is 3. The maximum absolute atomic E-state index is 4.13. The number of unbranched alkanes of at least 4 members (excludes halogenated alkanes) is 1. The summed E-state index contributed by atoms with van der Waals surface area (Å²) in [6.07, 6.45) is 6.71. The second-order valence-corrected chi connectivity index (χ2v) is 4.44. The van der Waals surface area contributed by atoms with Crippen molar-refractivity contribution < 1.29 is 0 Å². The minimum absolute atomic E-state index is 0.273. The lowest BCUT2D eigenvalue weighted by atomic mass is 10.1. The standard InChI is InChI=1S/C12H24N4/c1-5-7-8-11(6-2)14-10(3)12-15-13-9-16(12)4/h9-11,14H,5-8H2,1-4H3. The molecule has 16 heavy (non-hydrogen) atoms. The van der Waals surface area contributed by atoms with Gasteiger partial charge < -0.3 is 9.88 Å². The second-order valence-electron chi connectivity index (χ2n) is 4.44. The molecule has 0 aliphatic heterocycles. The molecule has 0 radical (unpaired) electrons. The van der Waals surface area contributed by atoms with Gasteiger partial charge in [0.1, 0.15) is 12.2 Å². The molecule has 0 saturated carbocycles. The van der Waals surface area contributed by atoms with Crippen LogP contribution in [0.15, 0.2) is 6.33 Å². The largest absolute Gasteiger partial charge is 0.319 e. The van der Waals surface area contributed by atoms with Crippen molar-refractivity contribution >= 4 is 0 Å². The Labute approximate surface area is 98.5 Å². The molecule has 1 heterocycles.